The van der Waals surface area contributed by atoms with Crippen molar-refractivity contribution in [1.82, 2.24) is 20.0 Å². The maximum absolute atomic E-state index is 4.35. The summed E-state index contributed by atoms with van der Waals surface area (Å²) >= 11 is 0. The number of rotatable bonds is 2. The third-order valence-corrected chi connectivity index (χ3v) is 2.06. The van der Waals surface area contributed by atoms with Gasteiger partial charge in [0, 0.05) is 24.5 Å². The first kappa shape index (κ1) is 8.04. The molecule has 0 spiro atoms. The van der Waals surface area contributed by atoms with E-state index in [9.17, 15) is 0 Å². The lowest BCUT2D eigenvalue weighted by molar-refractivity contribution is 0.653. The Kier molecular flexibility index (Phi) is 1.88. The van der Waals surface area contributed by atoms with Crippen LogP contribution >= 0.6 is 0 Å². The molecule has 0 radical (unpaired) electrons. The molecule has 0 unspecified atom stereocenters. The van der Waals surface area contributed by atoms with Crippen LogP contribution in [-0.2, 0) is 6.54 Å². The fourth-order valence-corrected chi connectivity index (χ4v) is 1.35. The van der Waals surface area contributed by atoms with Gasteiger partial charge in [-0.25, -0.2) is 0 Å². The first-order chi connectivity index (χ1) is 6.31. The second-order valence-electron chi connectivity index (χ2n) is 2.95. The number of nitrogens with zero attached hydrogens (tertiary/aromatic N) is 3. The van der Waals surface area contributed by atoms with Gasteiger partial charge in [0.1, 0.15) is 0 Å². The maximum atomic E-state index is 4.35. The Morgan fingerprint density at radius 3 is 2.92 bits per heavy atom. The van der Waals surface area contributed by atoms with Gasteiger partial charge in [0.05, 0.1) is 11.4 Å². The molecule has 0 amide bonds. The van der Waals surface area contributed by atoms with Crippen LogP contribution in [0.15, 0.2) is 18.5 Å². The molecule has 0 saturated carbocycles. The lowest BCUT2D eigenvalue weighted by Crippen LogP contribution is -1.93. The Hall–Kier alpha value is -1.58. The number of aromatic nitrogens is 4. The molecule has 4 heteroatoms. The monoisotopic (exact) mass is 176 g/mol. The number of hydrogen-bond donors (Lipinski definition) is 1. The van der Waals surface area contributed by atoms with Crippen molar-refractivity contribution in [3.63, 3.8) is 0 Å². The predicted molar refractivity (Wildman–Crippen MR) is 50.2 cm³/mol. The van der Waals surface area contributed by atoms with Crippen LogP contribution in [0.2, 0.25) is 0 Å². The van der Waals surface area contributed by atoms with Crippen LogP contribution in [0.4, 0.5) is 0 Å². The summed E-state index contributed by atoms with van der Waals surface area (Å²) < 4.78 is 1.92. The van der Waals surface area contributed by atoms with E-state index in [-0.39, 0.29) is 0 Å². The quantitative estimate of drug-likeness (QED) is 0.755. The maximum Gasteiger partial charge on any atom is 0.0687 e. The minimum atomic E-state index is 0.898. The van der Waals surface area contributed by atoms with Crippen LogP contribution in [0, 0.1) is 6.92 Å². The second kappa shape index (κ2) is 3.05. The van der Waals surface area contributed by atoms with E-state index in [4.69, 9.17) is 0 Å². The number of H-pyrrole nitrogens is 1. The largest absolute Gasteiger partial charge is 0.278 e. The summed E-state index contributed by atoms with van der Waals surface area (Å²) in [6, 6.07) is 1.95. The van der Waals surface area contributed by atoms with Gasteiger partial charge in [-0.2, -0.15) is 10.2 Å². The van der Waals surface area contributed by atoms with Crippen LogP contribution < -0.4 is 0 Å². The molecule has 68 valence electrons. The van der Waals surface area contributed by atoms with Gasteiger partial charge in [0.25, 0.3) is 0 Å². The Balaban J connectivity index is 2.46. The molecule has 13 heavy (non-hydrogen) atoms. The van der Waals surface area contributed by atoms with Gasteiger partial charge in [0.2, 0.25) is 0 Å². The minimum absolute atomic E-state index is 0.898. The van der Waals surface area contributed by atoms with E-state index in [2.05, 4.69) is 22.2 Å². The zero-order valence-corrected chi connectivity index (χ0v) is 7.78. The summed E-state index contributed by atoms with van der Waals surface area (Å²) in [5.41, 5.74) is 3.18. The summed E-state index contributed by atoms with van der Waals surface area (Å²) in [6.07, 6.45) is 3.78. The van der Waals surface area contributed by atoms with Crippen LogP contribution in [0.5, 0.6) is 0 Å². The van der Waals surface area contributed by atoms with E-state index >= 15 is 0 Å². The highest BCUT2D eigenvalue weighted by molar-refractivity contribution is 5.60. The molecule has 0 atom stereocenters. The van der Waals surface area contributed by atoms with Crippen LogP contribution in [0.25, 0.3) is 11.3 Å². The molecule has 2 aromatic heterocycles. The third kappa shape index (κ3) is 1.35. The van der Waals surface area contributed by atoms with Gasteiger partial charge >= 0.3 is 0 Å². The van der Waals surface area contributed by atoms with E-state index in [0.29, 0.717) is 0 Å². The summed E-state index contributed by atoms with van der Waals surface area (Å²) in [4.78, 5) is 0. The topological polar surface area (TPSA) is 46.5 Å². The van der Waals surface area contributed by atoms with Crippen molar-refractivity contribution in [2.45, 2.75) is 20.4 Å². The fourth-order valence-electron chi connectivity index (χ4n) is 1.35. The standard InChI is InChI=1S/C9H12N4/c1-3-13-6-8(7(2)12-13)9-4-5-10-11-9/h4-6H,3H2,1-2H3,(H,10,11). The normalized spacial score (nSPS) is 10.6. The molecule has 2 rings (SSSR count). The molecule has 0 aliphatic rings. The molecular formula is C9H12N4. The molecule has 0 aromatic carbocycles. The highest BCUT2D eigenvalue weighted by Crippen LogP contribution is 2.19. The van der Waals surface area contributed by atoms with Crippen molar-refractivity contribution in [2.75, 3.05) is 0 Å². The number of nitrogens with one attached hydrogen (secondary N) is 1. The average molecular weight is 176 g/mol. The smallest absolute Gasteiger partial charge is 0.0687 e. The Morgan fingerprint density at radius 2 is 2.38 bits per heavy atom. The second-order valence-corrected chi connectivity index (χ2v) is 2.95. The Labute approximate surface area is 76.6 Å². The zero-order chi connectivity index (χ0) is 9.26. The van der Waals surface area contributed by atoms with Crippen molar-refractivity contribution in [2.24, 2.45) is 0 Å². The van der Waals surface area contributed by atoms with E-state index in [0.717, 1.165) is 23.5 Å². The average Bonchev–Trinajstić information content (AvgIpc) is 2.72. The fraction of sp³-hybridized carbons (Fsp3) is 0.333. The number of aromatic amines is 1. The van der Waals surface area contributed by atoms with E-state index < -0.39 is 0 Å². The molecule has 4 nitrogen and oxygen atoms in total. The van der Waals surface area contributed by atoms with Crippen molar-refractivity contribution in [1.29, 1.82) is 0 Å². The summed E-state index contributed by atoms with van der Waals surface area (Å²) in [7, 11) is 0. The first-order valence-corrected chi connectivity index (χ1v) is 4.35. The molecule has 0 fully saturated rings. The van der Waals surface area contributed by atoms with Crippen molar-refractivity contribution in [3.05, 3.63) is 24.2 Å². The number of hydrogen-bond acceptors (Lipinski definition) is 2. The first-order valence-electron chi connectivity index (χ1n) is 4.35. The lowest BCUT2D eigenvalue weighted by Gasteiger charge is -1.90. The molecule has 2 heterocycles. The van der Waals surface area contributed by atoms with Gasteiger partial charge in [-0.1, -0.05) is 0 Å². The summed E-state index contributed by atoms with van der Waals surface area (Å²) in [5.74, 6) is 0. The highest BCUT2D eigenvalue weighted by Gasteiger charge is 2.06. The van der Waals surface area contributed by atoms with Crippen molar-refractivity contribution in [3.8, 4) is 11.3 Å². The van der Waals surface area contributed by atoms with Gasteiger partial charge < -0.3 is 0 Å². The number of aryl methyl sites for hydroxylation is 2. The molecule has 0 aliphatic carbocycles. The molecule has 0 aliphatic heterocycles. The van der Waals surface area contributed by atoms with Gasteiger partial charge in [-0.05, 0) is 19.9 Å². The predicted octanol–water partition coefficient (Wildman–Crippen LogP) is 1.60. The van der Waals surface area contributed by atoms with E-state index in [1.165, 1.54) is 0 Å². The summed E-state index contributed by atoms with van der Waals surface area (Å²) in [6.45, 7) is 4.97. The zero-order valence-electron chi connectivity index (χ0n) is 7.78. The van der Waals surface area contributed by atoms with Crippen molar-refractivity contribution >= 4 is 0 Å². The van der Waals surface area contributed by atoms with Crippen molar-refractivity contribution < 1.29 is 0 Å². The van der Waals surface area contributed by atoms with Crippen LogP contribution in [-0.4, -0.2) is 20.0 Å². The van der Waals surface area contributed by atoms with Crippen LogP contribution in [0.3, 0.4) is 0 Å². The molecule has 2 aromatic rings. The molecule has 0 bridgehead atoms. The van der Waals surface area contributed by atoms with Gasteiger partial charge in [-0.15, -0.1) is 0 Å². The van der Waals surface area contributed by atoms with Gasteiger partial charge in [0.15, 0.2) is 0 Å². The molecule has 0 saturated heterocycles. The van der Waals surface area contributed by atoms with E-state index in [1.807, 2.05) is 23.9 Å². The lowest BCUT2D eigenvalue weighted by atomic mass is 10.2. The Bertz CT molecular complexity index is 386. The highest BCUT2D eigenvalue weighted by atomic mass is 15.3. The summed E-state index contributed by atoms with van der Waals surface area (Å²) in [5, 5.41) is 11.2. The molecule has 1 N–H and O–H groups in total. The molecular weight excluding hydrogens is 164 g/mol. The van der Waals surface area contributed by atoms with Crippen LogP contribution in [0.1, 0.15) is 12.6 Å². The third-order valence-electron chi connectivity index (χ3n) is 2.06. The Morgan fingerprint density at radius 1 is 1.54 bits per heavy atom. The van der Waals surface area contributed by atoms with Gasteiger partial charge in [-0.3, -0.25) is 9.78 Å². The van der Waals surface area contributed by atoms with E-state index in [1.54, 1.807) is 6.20 Å². The minimum Gasteiger partial charge on any atom is -0.278 e. The SMILES string of the molecule is CCn1cc(-c2ccn[nH]2)c(C)n1.